The molecule has 0 radical (unpaired) electrons. The van der Waals surface area contributed by atoms with Crippen LogP contribution in [0.15, 0.2) is 54.6 Å². The number of benzene rings is 3. The van der Waals surface area contributed by atoms with Gasteiger partial charge in [0.1, 0.15) is 12.4 Å². The fourth-order valence-electron chi connectivity index (χ4n) is 3.85. The second-order valence-electron chi connectivity index (χ2n) is 7.80. The summed E-state index contributed by atoms with van der Waals surface area (Å²) in [5.41, 5.74) is 5.31. The first kappa shape index (κ1) is 22.9. The third-order valence-corrected chi connectivity index (χ3v) is 5.92. The van der Waals surface area contributed by atoms with Gasteiger partial charge in [-0.2, -0.15) is 5.26 Å². The molecule has 0 fully saturated rings. The van der Waals surface area contributed by atoms with Gasteiger partial charge in [-0.25, -0.2) is 0 Å². The molecule has 0 saturated carbocycles. The third-order valence-electron chi connectivity index (χ3n) is 5.63. The average Bonchev–Trinajstić information content (AvgIpc) is 3.28. The van der Waals surface area contributed by atoms with E-state index in [2.05, 4.69) is 19.1 Å². The van der Waals surface area contributed by atoms with Crippen LogP contribution in [0.25, 0.3) is 11.1 Å². The summed E-state index contributed by atoms with van der Waals surface area (Å²) in [5.74, 6) is 2.12. The Balaban J connectivity index is 1.46. The van der Waals surface area contributed by atoms with Crippen molar-refractivity contribution in [2.45, 2.75) is 20.1 Å². The topological polar surface area (TPSA) is 75.0 Å². The molecular formula is C26H25ClN2O4. The number of rotatable bonds is 9. The van der Waals surface area contributed by atoms with Crippen molar-refractivity contribution in [3.8, 4) is 34.4 Å². The number of fused-ring (bicyclic) bond motifs is 1. The van der Waals surface area contributed by atoms with Gasteiger partial charge in [0.15, 0.2) is 11.5 Å². The number of aliphatic hydroxyl groups is 1. The Morgan fingerprint density at radius 3 is 2.76 bits per heavy atom. The predicted molar refractivity (Wildman–Crippen MR) is 126 cm³/mol. The normalized spacial score (nSPS) is 12.1. The van der Waals surface area contributed by atoms with Crippen molar-refractivity contribution in [3.05, 3.63) is 76.3 Å². The average molecular weight is 465 g/mol. The van der Waals surface area contributed by atoms with E-state index in [1.807, 2.05) is 53.4 Å². The Labute approximate surface area is 198 Å². The van der Waals surface area contributed by atoms with Crippen LogP contribution in [-0.2, 0) is 13.2 Å². The summed E-state index contributed by atoms with van der Waals surface area (Å²) < 4.78 is 17.0. The maximum Gasteiger partial charge on any atom is 0.231 e. The van der Waals surface area contributed by atoms with E-state index in [9.17, 15) is 0 Å². The molecule has 0 spiro atoms. The standard InChI is InChI=1S/C26H25ClN2O4/c1-18-21(3-2-4-22(18)20-6-8-25-26(14-20)33-17-32-25)16-31-24-7-5-19(13-23(24)27)15-29(10-9-28)11-12-30/h2-8,13-14,30H,10-12,15-17H2,1H3. The van der Waals surface area contributed by atoms with E-state index < -0.39 is 0 Å². The first-order valence-electron chi connectivity index (χ1n) is 10.7. The summed E-state index contributed by atoms with van der Waals surface area (Å²) in [7, 11) is 0. The smallest absolute Gasteiger partial charge is 0.231 e. The molecule has 4 rings (SSSR count). The highest BCUT2D eigenvalue weighted by molar-refractivity contribution is 6.32. The van der Waals surface area contributed by atoms with Crippen LogP contribution in [0.1, 0.15) is 16.7 Å². The number of nitrogens with zero attached hydrogens (tertiary/aromatic N) is 2. The molecule has 0 amide bonds. The lowest BCUT2D eigenvalue weighted by atomic mass is 9.96. The molecule has 170 valence electrons. The molecule has 6 nitrogen and oxygen atoms in total. The van der Waals surface area contributed by atoms with Gasteiger partial charge in [-0.15, -0.1) is 0 Å². The number of hydrogen-bond donors (Lipinski definition) is 1. The van der Waals surface area contributed by atoms with Crippen molar-refractivity contribution in [3.63, 3.8) is 0 Å². The number of nitriles is 1. The molecule has 3 aromatic carbocycles. The van der Waals surface area contributed by atoms with E-state index in [4.69, 9.17) is 36.2 Å². The molecule has 0 aromatic heterocycles. The van der Waals surface area contributed by atoms with Gasteiger partial charge in [0.2, 0.25) is 6.79 Å². The summed E-state index contributed by atoms with van der Waals surface area (Å²) >= 11 is 6.47. The molecule has 3 aromatic rings. The lowest BCUT2D eigenvalue weighted by Crippen LogP contribution is -2.26. The molecule has 33 heavy (non-hydrogen) atoms. The van der Waals surface area contributed by atoms with E-state index >= 15 is 0 Å². The van der Waals surface area contributed by atoms with Crippen LogP contribution in [0.2, 0.25) is 5.02 Å². The van der Waals surface area contributed by atoms with Gasteiger partial charge < -0.3 is 19.3 Å². The number of halogens is 1. The summed E-state index contributed by atoms with van der Waals surface area (Å²) in [6.45, 7) is 3.93. The van der Waals surface area contributed by atoms with E-state index in [0.29, 0.717) is 30.5 Å². The van der Waals surface area contributed by atoms with Crippen molar-refractivity contribution < 1.29 is 19.3 Å². The van der Waals surface area contributed by atoms with Crippen molar-refractivity contribution in [2.75, 3.05) is 26.5 Å². The van der Waals surface area contributed by atoms with Gasteiger partial charge in [0, 0.05) is 13.1 Å². The van der Waals surface area contributed by atoms with Crippen LogP contribution in [0.5, 0.6) is 17.2 Å². The molecule has 1 N–H and O–H groups in total. The van der Waals surface area contributed by atoms with Gasteiger partial charge >= 0.3 is 0 Å². The molecule has 0 atom stereocenters. The molecule has 1 aliphatic heterocycles. The van der Waals surface area contributed by atoms with Crippen molar-refractivity contribution >= 4 is 11.6 Å². The fourth-order valence-corrected chi connectivity index (χ4v) is 4.10. The zero-order valence-corrected chi connectivity index (χ0v) is 19.1. The predicted octanol–water partition coefficient (Wildman–Crippen LogP) is 4.94. The SMILES string of the molecule is Cc1c(COc2ccc(CN(CC#N)CCO)cc2Cl)cccc1-c1ccc2c(c1)OCO2. The van der Waals surface area contributed by atoms with Gasteiger partial charge in [0.05, 0.1) is 24.2 Å². The van der Waals surface area contributed by atoms with Crippen molar-refractivity contribution in [1.82, 2.24) is 4.90 Å². The van der Waals surface area contributed by atoms with Crippen LogP contribution in [0.4, 0.5) is 0 Å². The van der Waals surface area contributed by atoms with Crippen molar-refractivity contribution in [1.29, 1.82) is 5.26 Å². The Morgan fingerprint density at radius 1 is 1.12 bits per heavy atom. The molecule has 0 bridgehead atoms. The van der Waals surface area contributed by atoms with E-state index in [1.54, 1.807) is 0 Å². The van der Waals surface area contributed by atoms with Crippen LogP contribution in [0.3, 0.4) is 0 Å². The van der Waals surface area contributed by atoms with E-state index in [-0.39, 0.29) is 19.9 Å². The van der Waals surface area contributed by atoms with Crippen LogP contribution >= 0.6 is 11.6 Å². The maximum absolute atomic E-state index is 9.17. The number of hydrogen-bond acceptors (Lipinski definition) is 6. The minimum absolute atomic E-state index is 0.00127. The Kier molecular flexibility index (Phi) is 7.36. The summed E-state index contributed by atoms with van der Waals surface area (Å²) in [6, 6.07) is 19.8. The zero-order chi connectivity index (χ0) is 23.2. The molecular weight excluding hydrogens is 440 g/mol. The Bertz CT molecular complexity index is 1180. The van der Waals surface area contributed by atoms with E-state index in [1.165, 1.54) is 0 Å². The van der Waals surface area contributed by atoms with Crippen LogP contribution < -0.4 is 14.2 Å². The zero-order valence-electron chi connectivity index (χ0n) is 18.4. The molecule has 0 unspecified atom stereocenters. The highest BCUT2D eigenvalue weighted by atomic mass is 35.5. The first-order chi connectivity index (χ1) is 16.1. The molecule has 7 heteroatoms. The van der Waals surface area contributed by atoms with Crippen LogP contribution in [-0.4, -0.2) is 36.5 Å². The summed E-state index contributed by atoms with van der Waals surface area (Å²) in [4.78, 5) is 1.86. The number of ether oxygens (including phenoxy) is 3. The first-order valence-corrected chi connectivity index (χ1v) is 11.1. The molecule has 0 saturated heterocycles. The van der Waals surface area contributed by atoms with Gasteiger partial charge in [-0.1, -0.05) is 41.9 Å². The number of aliphatic hydroxyl groups excluding tert-OH is 1. The highest BCUT2D eigenvalue weighted by Crippen LogP contribution is 2.37. The summed E-state index contributed by atoms with van der Waals surface area (Å²) in [5, 5.41) is 18.6. The third kappa shape index (κ3) is 5.40. The quantitative estimate of drug-likeness (QED) is 0.452. The van der Waals surface area contributed by atoms with Crippen LogP contribution in [0, 0.1) is 18.3 Å². The largest absolute Gasteiger partial charge is 0.487 e. The second kappa shape index (κ2) is 10.6. The highest BCUT2D eigenvalue weighted by Gasteiger charge is 2.16. The molecule has 0 aliphatic carbocycles. The van der Waals surface area contributed by atoms with E-state index in [0.717, 1.165) is 39.3 Å². The Hall–Kier alpha value is -3.24. The second-order valence-corrected chi connectivity index (χ2v) is 8.21. The Morgan fingerprint density at radius 2 is 1.97 bits per heavy atom. The van der Waals surface area contributed by atoms with Gasteiger partial charge in [-0.3, -0.25) is 4.90 Å². The van der Waals surface area contributed by atoms with Gasteiger partial charge in [-0.05, 0) is 59.0 Å². The maximum atomic E-state index is 9.17. The minimum Gasteiger partial charge on any atom is -0.487 e. The van der Waals surface area contributed by atoms with Gasteiger partial charge in [0.25, 0.3) is 0 Å². The minimum atomic E-state index is 0.00127. The molecule has 1 aliphatic rings. The summed E-state index contributed by atoms with van der Waals surface area (Å²) in [6.07, 6.45) is 0. The monoisotopic (exact) mass is 464 g/mol. The fraction of sp³-hybridized carbons (Fsp3) is 0.269. The lowest BCUT2D eigenvalue weighted by molar-refractivity contribution is 0.174. The van der Waals surface area contributed by atoms with Crippen molar-refractivity contribution in [2.24, 2.45) is 0 Å². The lowest BCUT2D eigenvalue weighted by Gasteiger charge is -2.18. The molecule has 1 heterocycles.